The molecule has 0 bridgehead atoms. The summed E-state index contributed by atoms with van der Waals surface area (Å²) in [6.45, 7) is 3.99. The van der Waals surface area contributed by atoms with E-state index in [2.05, 4.69) is 0 Å². The van der Waals surface area contributed by atoms with Gasteiger partial charge in [-0.1, -0.05) is 13.8 Å². The van der Waals surface area contributed by atoms with Gasteiger partial charge in [0, 0.05) is 5.92 Å². The number of fused-ring (bicyclic) bond motifs is 1. The fraction of sp³-hybridized carbons (Fsp3) is 0.846. The third-order valence-electron chi connectivity index (χ3n) is 4.01. The molecule has 4 unspecified atom stereocenters. The summed E-state index contributed by atoms with van der Waals surface area (Å²) in [5, 5.41) is 0. The van der Waals surface area contributed by atoms with E-state index in [9.17, 15) is 9.59 Å². The molecular formula is C13H20O4. The van der Waals surface area contributed by atoms with Crippen LogP contribution < -0.4 is 0 Å². The molecule has 0 N–H and O–H groups in total. The van der Waals surface area contributed by atoms with Crippen LogP contribution in [0.4, 0.5) is 0 Å². The minimum absolute atomic E-state index is 0.0785. The van der Waals surface area contributed by atoms with Gasteiger partial charge in [-0.2, -0.15) is 0 Å². The van der Waals surface area contributed by atoms with Crippen molar-refractivity contribution in [3.63, 3.8) is 0 Å². The molecule has 2 rings (SSSR count). The molecule has 1 aliphatic carbocycles. The maximum absolute atomic E-state index is 11.6. The Kier molecular flexibility index (Phi) is 3.69. The summed E-state index contributed by atoms with van der Waals surface area (Å²) in [6.07, 6.45) is 3.93. The molecule has 0 amide bonds. The van der Waals surface area contributed by atoms with Gasteiger partial charge in [0.2, 0.25) is 0 Å². The zero-order valence-electron chi connectivity index (χ0n) is 10.5. The van der Waals surface area contributed by atoms with Gasteiger partial charge >= 0.3 is 11.9 Å². The molecule has 2 aliphatic rings. The Hall–Kier alpha value is -1.06. The van der Waals surface area contributed by atoms with E-state index in [0.29, 0.717) is 0 Å². The summed E-state index contributed by atoms with van der Waals surface area (Å²) in [5.41, 5.74) is 0. The van der Waals surface area contributed by atoms with Crippen molar-refractivity contribution in [2.75, 3.05) is 6.61 Å². The number of esters is 2. The van der Waals surface area contributed by atoms with E-state index < -0.39 is 0 Å². The van der Waals surface area contributed by atoms with Gasteiger partial charge in [-0.05, 0) is 25.7 Å². The number of ether oxygens (including phenoxy) is 2. The second-order valence-electron chi connectivity index (χ2n) is 5.12. The minimum Gasteiger partial charge on any atom is -0.465 e. The summed E-state index contributed by atoms with van der Waals surface area (Å²) in [5.74, 6) is -0.437. The van der Waals surface area contributed by atoms with Gasteiger partial charge in [-0.3, -0.25) is 9.59 Å². The van der Waals surface area contributed by atoms with Crippen molar-refractivity contribution in [2.45, 2.75) is 45.6 Å². The smallest absolute Gasteiger partial charge is 0.313 e. The quantitative estimate of drug-likeness (QED) is 0.704. The monoisotopic (exact) mass is 240 g/mol. The van der Waals surface area contributed by atoms with E-state index in [1.165, 1.54) is 0 Å². The first-order valence-electron chi connectivity index (χ1n) is 6.50. The highest BCUT2D eigenvalue weighted by atomic mass is 16.6. The van der Waals surface area contributed by atoms with Crippen LogP contribution in [0.5, 0.6) is 0 Å². The highest BCUT2D eigenvalue weighted by molar-refractivity contribution is 5.77. The van der Waals surface area contributed by atoms with Crippen molar-refractivity contribution in [3.8, 4) is 0 Å². The Morgan fingerprint density at radius 3 is 3.00 bits per heavy atom. The summed E-state index contributed by atoms with van der Waals surface area (Å²) in [6, 6.07) is 0. The molecule has 1 aliphatic heterocycles. The number of hydrogen-bond acceptors (Lipinski definition) is 4. The molecule has 0 aromatic rings. The van der Waals surface area contributed by atoms with Crippen molar-refractivity contribution in [1.29, 1.82) is 0 Å². The molecule has 1 saturated heterocycles. The second-order valence-corrected chi connectivity index (χ2v) is 5.12. The lowest BCUT2D eigenvalue weighted by atomic mass is 9.93. The highest BCUT2D eigenvalue weighted by Gasteiger charge is 2.47. The molecule has 4 atom stereocenters. The Balaban J connectivity index is 1.86. The van der Waals surface area contributed by atoms with Crippen LogP contribution in [0.15, 0.2) is 0 Å². The Morgan fingerprint density at radius 1 is 1.53 bits per heavy atom. The van der Waals surface area contributed by atoms with Gasteiger partial charge in [-0.25, -0.2) is 0 Å². The van der Waals surface area contributed by atoms with E-state index in [1.807, 2.05) is 13.8 Å². The molecule has 0 aromatic heterocycles. The number of rotatable bonds is 4. The molecule has 17 heavy (non-hydrogen) atoms. The topological polar surface area (TPSA) is 52.6 Å². The number of carbonyl (C=O) groups is 2. The molecule has 96 valence electrons. The number of carbonyl (C=O) groups excluding carboxylic acids is 2. The fourth-order valence-electron chi connectivity index (χ4n) is 2.65. The van der Waals surface area contributed by atoms with Gasteiger partial charge in [-0.15, -0.1) is 0 Å². The lowest BCUT2D eigenvalue weighted by Crippen LogP contribution is -2.25. The molecule has 4 nitrogen and oxygen atoms in total. The van der Waals surface area contributed by atoms with E-state index in [-0.39, 0.29) is 42.4 Å². The maximum Gasteiger partial charge on any atom is 0.313 e. The third kappa shape index (κ3) is 2.45. The Morgan fingerprint density at radius 2 is 2.29 bits per heavy atom. The van der Waals surface area contributed by atoms with E-state index >= 15 is 0 Å². The van der Waals surface area contributed by atoms with E-state index in [4.69, 9.17) is 9.47 Å². The summed E-state index contributed by atoms with van der Waals surface area (Å²) in [4.78, 5) is 23.2. The van der Waals surface area contributed by atoms with Crippen LogP contribution in [-0.2, 0) is 19.1 Å². The van der Waals surface area contributed by atoms with Crippen LogP contribution in [0.3, 0.4) is 0 Å². The standard InChI is InChI=1S/C13H20O4/c1-3-8(2)12(14)16-7-10-9-5-4-6-11(9)17-13(10)15/h8-11H,3-7H2,1-2H3. The first-order valence-corrected chi connectivity index (χ1v) is 6.50. The summed E-state index contributed by atoms with van der Waals surface area (Å²) < 4.78 is 10.5. The normalized spacial score (nSPS) is 33.1. The van der Waals surface area contributed by atoms with E-state index in [0.717, 1.165) is 25.7 Å². The van der Waals surface area contributed by atoms with Crippen LogP contribution in [0, 0.1) is 17.8 Å². The summed E-state index contributed by atoms with van der Waals surface area (Å²) in [7, 11) is 0. The molecular weight excluding hydrogens is 220 g/mol. The van der Waals surface area contributed by atoms with Gasteiger partial charge in [0.15, 0.2) is 0 Å². The van der Waals surface area contributed by atoms with Crippen LogP contribution in [0.25, 0.3) is 0 Å². The zero-order valence-corrected chi connectivity index (χ0v) is 10.5. The maximum atomic E-state index is 11.6. The van der Waals surface area contributed by atoms with Crippen molar-refractivity contribution < 1.29 is 19.1 Å². The largest absolute Gasteiger partial charge is 0.465 e. The fourth-order valence-corrected chi connectivity index (χ4v) is 2.65. The van der Waals surface area contributed by atoms with Gasteiger partial charge in [0.25, 0.3) is 0 Å². The second kappa shape index (κ2) is 5.07. The molecule has 2 fully saturated rings. The molecule has 0 radical (unpaired) electrons. The molecule has 4 heteroatoms. The lowest BCUT2D eigenvalue weighted by Gasteiger charge is -2.15. The van der Waals surface area contributed by atoms with Crippen molar-refractivity contribution in [1.82, 2.24) is 0 Å². The molecule has 1 saturated carbocycles. The predicted octanol–water partition coefficient (Wildman–Crippen LogP) is 1.92. The predicted molar refractivity (Wildman–Crippen MR) is 61.1 cm³/mol. The average molecular weight is 240 g/mol. The van der Waals surface area contributed by atoms with E-state index in [1.54, 1.807) is 0 Å². The Labute approximate surface area is 102 Å². The van der Waals surface area contributed by atoms with Crippen LogP contribution in [0.1, 0.15) is 39.5 Å². The van der Waals surface area contributed by atoms with Crippen molar-refractivity contribution in [2.24, 2.45) is 17.8 Å². The zero-order chi connectivity index (χ0) is 12.4. The SMILES string of the molecule is CCC(C)C(=O)OCC1C(=O)OC2CCCC21. The van der Waals surface area contributed by atoms with Gasteiger partial charge < -0.3 is 9.47 Å². The van der Waals surface area contributed by atoms with Crippen LogP contribution >= 0.6 is 0 Å². The van der Waals surface area contributed by atoms with Crippen LogP contribution in [-0.4, -0.2) is 24.6 Å². The third-order valence-corrected chi connectivity index (χ3v) is 4.01. The van der Waals surface area contributed by atoms with Crippen molar-refractivity contribution >= 4 is 11.9 Å². The highest BCUT2D eigenvalue weighted by Crippen LogP contribution is 2.40. The summed E-state index contributed by atoms with van der Waals surface area (Å²) >= 11 is 0. The lowest BCUT2D eigenvalue weighted by molar-refractivity contribution is -0.153. The first-order chi connectivity index (χ1) is 8.13. The van der Waals surface area contributed by atoms with Crippen LogP contribution in [0.2, 0.25) is 0 Å². The van der Waals surface area contributed by atoms with Gasteiger partial charge in [0.1, 0.15) is 12.7 Å². The minimum atomic E-state index is -0.226. The van der Waals surface area contributed by atoms with Crippen molar-refractivity contribution in [3.05, 3.63) is 0 Å². The molecule has 0 spiro atoms. The molecule has 1 heterocycles. The molecule has 0 aromatic carbocycles. The van der Waals surface area contributed by atoms with Gasteiger partial charge in [0.05, 0.1) is 11.8 Å². The first kappa shape index (κ1) is 12.4. The Bertz CT molecular complexity index is 313. The number of hydrogen-bond donors (Lipinski definition) is 0. The average Bonchev–Trinajstić information content (AvgIpc) is 2.86.